The molecule has 17 heavy (non-hydrogen) atoms. The van der Waals surface area contributed by atoms with Crippen molar-refractivity contribution in [2.75, 3.05) is 24.6 Å². The van der Waals surface area contributed by atoms with Crippen LogP contribution >= 0.6 is 0 Å². The number of hydrogen-bond donors (Lipinski definition) is 1. The lowest BCUT2D eigenvalue weighted by molar-refractivity contribution is 0.167. The van der Waals surface area contributed by atoms with Crippen molar-refractivity contribution in [1.82, 2.24) is 4.90 Å². The Hall–Kier alpha value is -0.850. The lowest BCUT2D eigenvalue weighted by Gasteiger charge is -2.35. The molecule has 2 unspecified atom stereocenters. The van der Waals surface area contributed by atoms with Crippen LogP contribution in [0.4, 0.5) is 0 Å². The molecule has 0 bridgehead atoms. The SMILES string of the molecule is CC(N)C(c1ccco1)N1CCS(=O)(=O)CC1. The molecule has 0 aromatic carbocycles. The largest absolute Gasteiger partial charge is 0.468 e. The normalized spacial score (nSPS) is 24.4. The fourth-order valence-electron chi connectivity index (χ4n) is 2.24. The van der Waals surface area contributed by atoms with E-state index in [-0.39, 0.29) is 23.6 Å². The smallest absolute Gasteiger partial charge is 0.152 e. The Bertz CT molecular complexity index is 439. The molecule has 0 radical (unpaired) electrons. The standard InChI is InChI=1S/C11H18N2O3S/c1-9(12)11(10-3-2-6-16-10)13-4-7-17(14,15)8-5-13/h2-3,6,9,11H,4-5,7-8,12H2,1H3. The zero-order chi connectivity index (χ0) is 12.5. The third kappa shape index (κ3) is 2.88. The second-order valence-corrected chi connectivity index (χ2v) is 6.81. The molecule has 2 heterocycles. The third-order valence-corrected chi connectivity index (χ3v) is 4.71. The molecule has 2 rings (SSSR count). The summed E-state index contributed by atoms with van der Waals surface area (Å²) in [7, 11) is -2.86. The van der Waals surface area contributed by atoms with Crippen LogP contribution in [0.3, 0.4) is 0 Å². The maximum absolute atomic E-state index is 11.4. The second-order valence-electron chi connectivity index (χ2n) is 4.51. The summed E-state index contributed by atoms with van der Waals surface area (Å²) in [5.74, 6) is 1.22. The number of hydrogen-bond acceptors (Lipinski definition) is 5. The van der Waals surface area contributed by atoms with Gasteiger partial charge < -0.3 is 10.2 Å². The van der Waals surface area contributed by atoms with E-state index in [1.54, 1.807) is 6.26 Å². The minimum absolute atomic E-state index is 0.0412. The van der Waals surface area contributed by atoms with Gasteiger partial charge in [0, 0.05) is 19.1 Å². The van der Waals surface area contributed by atoms with Crippen LogP contribution in [-0.2, 0) is 9.84 Å². The van der Waals surface area contributed by atoms with Crippen LogP contribution in [0.2, 0.25) is 0 Å². The summed E-state index contributed by atoms with van der Waals surface area (Å²) in [6.45, 7) is 2.96. The van der Waals surface area contributed by atoms with E-state index in [0.29, 0.717) is 13.1 Å². The predicted molar refractivity (Wildman–Crippen MR) is 65.3 cm³/mol. The maximum Gasteiger partial charge on any atom is 0.152 e. The van der Waals surface area contributed by atoms with Gasteiger partial charge in [-0.1, -0.05) is 0 Å². The molecule has 1 saturated heterocycles. The quantitative estimate of drug-likeness (QED) is 0.849. The highest BCUT2D eigenvalue weighted by molar-refractivity contribution is 7.91. The number of sulfone groups is 1. The molecule has 1 aliphatic rings. The highest BCUT2D eigenvalue weighted by atomic mass is 32.2. The molecule has 6 heteroatoms. The van der Waals surface area contributed by atoms with Gasteiger partial charge in [0.15, 0.2) is 9.84 Å². The molecule has 96 valence electrons. The molecule has 0 saturated carbocycles. The zero-order valence-corrected chi connectivity index (χ0v) is 10.7. The Morgan fingerprint density at radius 1 is 1.41 bits per heavy atom. The van der Waals surface area contributed by atoms with Gasteiger partial charge in [-0.15, -0.1) is 0 Å². The van der Waals surface area contributed by atoms with Crippen molar-refractivity contribution in [3.8, 4) is 0 Å². The van der Waals surface area contributed by atoms with Crippen LogP contribution in [0, 0.1) is 0 Å². The van der Waals surface area contributed by atoms with Gasteiger partial charge in [-0.3, -0.25) is 4.90 Å². The molecule has 1 aromatic rings. The Labute approximate surface area is 101 Å². The summed E-state index contributed by atoms with van der Waals surface area (Å²) in [4.78, 5) is 2.09. The van der Waals surface area contributed by atoms with Gasteiger partial charge in [-0.2, -0.15) is 0 Å². The molecule has 5 nitrogen and oxygen atoms in total. The van der Waals surface area contributed by atoms with Gasteiger partial charge in [0.1, 0.15) is 5.76 Å². The van der Waals surface area contributed by atoms with Crippen molar-refractivity contribution in [1.29, 1.82) is 0 Å². The lowest BCUT2D eigenvalue weighted by Crippen LogP contribution is -2.47. The number of rotatable bonds is 3. The summed E-state index contributed by atoms with van der Waals surface area (Å²) in [6.07, 6.45) is 1.62. The molecule has 0 spiro atoms. The first-order valence-electron chi connectivity index (χ1n) is 5.73. The summed E-state index contributed by atoms with van der Waals surface area (Å²) in [6, 6.07) is 3.57. The van der Waals surface area contributed by atoms with Gasteiger partial charge in [-0.05, 0) is 19.1 Å². The van der Waals surface area contributed by atoms with E-state index >= 15 is 0 Å². The fourth-order valence-corrected chi connectivity index (χ4v) is 3.47. The van der Waals surface area contributed by atoms with E-state index in [2.05, 4.69) is 4.90 Å². The molecule has 2 N–H and O–H groups in total. The molecular weight excluding hydrogens is 240 g/mol. The van der Waals surface area contributed by atoms with E-state index in [9.17, 15) is 8.42 Å². The van der Waals surface area contributed by atoms with Crippen LogP contribution in [0.15, 0.2) is 22.8 Å². The fraction of sp³-hybridized carbons (Fsp3) is 0.636. The van der Waals surface area contributed by atoms with Crippen LogP contribution in [-0.4, -0.2) is 44.0 Å². The van der Waals surface area contributed by atoms with Crippen molar-refractivity contribution in [3.63, 3.8) is 0 Å². The van der Waals surface area contributed by atoms with Gasteiger partial charge >= 0.3 is 0 Å². The monoisotopic (exact) mass is 258 g/mol. The van der Waals surface area contributed by atoms with Crippen molar-refractivity contribution in [2.24, 2.45) is 5.73 Å². The van der Waals surface area contributed by atoms with E-state index < -0.39 is 9.84 Å². The summed E-state index contributed by atoms with van der Waals surface area (Å²) >= 11 is 0. The Kier molecular flexibility index (Phi) is 3.56. The summed E-state index contributed by atoms with van der Waals surface area (Å²) < 4.78 is 28.2. The average molecular weight is 258 g/mol. The van der Waals surface area contributed by atoms with E-state index in [4.69, 9.17) is 10.2 Å². The second kappa shape index (κ2) is 4.80. The van der Waals surface area contributed by atoms with Crippen LogP contribution < -0.4 is 5.73 Å². The summed E-state index contributed by atoms with van der Waals surface area (Å²) in [5.41, 5.74) is 5.98. The van der Waals surface area contributed by atoms with Crippen molar-refractivity contribution < 1.29 is 12.8 Å². The molecule has 1 aliphatic heterocycles. The maximum atomic E-state index is 11.4. The topological polar surface area (TPSA) is 76.5 Å². The summed E-state index contributed by atoms with van der Waals surface area (Å²) in [5, 5.41) is 0. The highest BCUT2D eigenvalue weighted by Crippen LogP contribution is 2.25. The Morgan fingerprint density at radius 3 is 2.53 bits per heavy atom. The van der Waals surface area contributed by atoms with Crippen molar-refractivity contribution in [3.05, 3.63) is 24.2 Å². The lowest BCUT2D eigenvalue weighted by atomic mass is 10.1. The number of nitrogens with zero attached hydrogens (tertiary/aromatic N) is 1. The van der Waals surface area contributed by atoms with Gasteiger partial charge in [0.25, 0.3) is 0 Å². The molecular formula is C11H18N2O3S. The molecule has 1 aromatic heterocycles. The molecule has 1 fully saturated rings. The van der Waals surface area contributed by atoms with Crippen LogP contribution in [0.5, 0.6) is 0 Å². The molecule has 0 aliphatic carbocycles. The third-order valence-electron chi connectivity index (χ3n) is 3.11. The van der Waals surface area contributed by atoms with Crippen molar-refractivity contribution >= 4 is 9.84 Å². The van der Waals surface area contributed by atoms with Crippen molar-refractivity contribution in [2.45, 2.75) is 19.0 Å². The van der Waals surface area contributed by atoms with Crippen LogP contribution in [0.1, 0.15) is 18.7 Å². The molecule has 2 atom stereocenters. The minimum atomic E-state index is -2.86. The highest BCUT2D eigenvalue weighted by Gasteiger charge is 2.31. The first kappa shape index (κ1) is 12.6. The number of furan rings is 1. The first-order chi connectivity index (χ1) is 7.99. The molecule has 0 amide bonds. The predicted octanol–water partition coefficient (Wildman–Crippen LogP) is 0.398. The average Bonchev–Trinajstić information content (AvgIpc) is 2.74. The van der Waals surface area contributed by atoms with Crippen LogP contribution in [0.25, 0.3) is 0 Å². The van der Waals surface area contributed by atoms with E-state index in [1.165, 1.54) is 0 Å². The number of nitrogens with two attached hydrogens (primary N) is 1. The Morgan fingerprint density at radius 2 is 2.06 bits per heavy atom. The minimum Gasteiger partial charge on any atom is -0.468 e. The van der Waals surface area contributed by atoms with Gasteiger partial charge in [0.2, 0.25) is 0 Å². The van der Waals surface area contributed by atoms with E-state index in [1.807, 2.05) is 19.1 Å². The Balaban J connectivity index is 2.14. The van der Waals surface area contributed by atoms with Gasteiger partial charge in [0.05, 0.1) is 23.8 Å². The zero-order valence-electron chi connectivity index (χ0n) is 9.87. The first-order valence-corrected chi connectivity index (χ1v) is 7.55. The van der Waals surface area contributed by atoms with E-state index in [0.717, 1.165) is 5.76 Å². The van der Waals surface area contributed by atoms with Gasteiger partial charge in [-0.25, -0.2) is 8.42 Å².